The van der Waals surface area contributed by atoms with Crippen LogP contribution in [0.1, 0.15) is 0 Å². The number of fused-ring (bicyclic) bond motifs is 7. The number of para-hydroxylation sites is 1. The van der Waals surface area contributed by atoms with Gasteiger partial charge in [-0.05, 0) is 94.0 Å². The van der Waals surface area contributed by atoms with Gasteiger partial charge in [0.25, 0.3) is 0 Å². The molecule has 0 spiro atoms. The topological polar surface area (TPSA) is 56.7 Å². The zero-order chi connectivity index (χ0) is 41.0. The summed E-state index contributed by atoms with van der Waals surface area (Å²) in [6.45, 7) is 0. The second-order valence-electron chi connectivity index (χ2n) is 15.6. The number of rotatable bonds is 7. The van der Waals surface area contributed by atoms with Crippen molar-refractivity contribution in [3.8, 4) is 73.2 Å². The van der Waals surface area contributed by atoms with Crippen LogP contribution in [0.5, 0.6) is 0 Å². The molecule has 0 fully saturated rings. The van der Waals surface area contributed by atoms with Gasteiger partial charge in [-0.2, -0.15) is 0 Å². The van der Waals surface area contributed by atoms with Crippen LogP contribution in [0.3, 0.4) is 0 Å². The Morgan fingerprint density at radius 1 is 0.306 bits per heavy atom. The van der Waals surface area contributed by atoms with Crippen LogP contribution < -0.4 is 0 Å². The van der Waals surface area contributed by atoms with Gasteiger partial charge in [0.1, 0.15) is 11.2 Å². The summed E-state index contributed by atoms with van der Waals surface area (Å²) in [6.07, 6.45) is 0. The highest BCUT2D eigenvalue weighted by Crippen LogP contribution is 2.42. The van der Waals surface area contributed by atoms with Gasteiger partial charge in [-0.1, -0.05) is 158 Å². The summed E-state index contributed by atoms with van der Waals surface area (Å²) in [7, 11) is 0. The molecule has 0 saturated heterocycles. The zero-order valence-corrected chi connectivity index (χ0v) is 33.5. The van der Waals surface area contributed by atoms with Crippen LogP contribution in [-0.2, 0) is 0 Å². The maximum Gasteiger partial charge on any atom is 0.164 e. The fourth-order valence-electron chi connectivity index (χ4n) is 8.88. The number of nitrogens with zero attached hydrogens (tertiary/aromatic N) is 4. The minimum Gasteiger partial charge on any atom is -0.456 e. The third-order valence-electron chi connectivity index (χ3n) is 11.8. The summed E-state index contributed by atoms with van der Waals surface area (Å²) in [6, 6.07) is 76.3. The normalized spacial score (nSPS) is 11.5. The molecule has 0 aliphatic rings. The van der Waals surface area contributed by atoms with Crippen LogP contribution in [0.25, 0.3) is 117 Å². The number of hydrogen-bond donors (Lipinski definition) is 0. The number of furan rings is 1. The molecule has 12 rings (SSSR count). The Morgan fingerprint density at radius 3 is 1.37 bits per heavy atom. The molecule has 12 aromatic rings. The average molecular weight is 793 g/mol. The molecule has 9 aromatic carbocycles. The maximum absolute atomic E-state index is 6.66. The van der Waals surface area contributed by atoms with Gasteiger partial charge in [-0.3, -0.25) is 0 Å². The van der Waals surface area contributed by atoms with Crippen molar-refractivity contribution in [3.05, 3.63) is 218 Å². The summed E-state index contributed by atoms with van der Waals surface area (Å²) < 4.78 is 9.05. The fraction of sp³-hybridized carbons (Fsp3) is 0. The summed E-state index contributed by atoms with van der Waals surface area (Å²) in [5.74, 6) is 1.79. The van der Waals surface area contributed by atoms with E-state index in [2.05, 4.69) is 211 Å². The number of aromatic nitrogens is 4. The van der Waals surface area contributed by atoms with E-state index in [0.717, 1.165) is 88.6 Å². The molecule has 0 amide bonds. The van der Waals surface area contributed by atoms with E-state index in [-0.39, 0.29) is 0 Å². The van der Waals surface area contributed by atoms with E-state index < -0.39 is 0 Å². The van der Waals surface area contributed by atoms with Crippen molar-refractivity contribution in [3.63, 3.8) is 0 Å². The van der Waals surface area contributed by atoms with Crippen LogP contribution in [0.2, 0.25) is 0 Å². The number of benzene rings is 9. The first-order chi connectivity index (χ1) is 30.7. The third kappa shape index (κ3) is 6.14. The van der Waals surface area contributed by atoms with Gasteiger partial charge in [0, 0.05) is 38.5 Å². The molecule has 3 aromatic heterocycles. The predicted molar refractivity (Wildman–Crippen MR) is 254 cm³/mol. The van der Waals surface area contributed by atoms with Gasteiger partial charge >= 0.3 is 0 Å². The monoisotopic (exact) mass is 792 g/mol. The van der Waals surface area contributed by atoms with Crippen molar-refractivity contribution in [1.82, 2.24) is 19.5 Å². The third-order valence-corrected chi connectivity index (χ3v) is 11.8. The molecule has 0 saturated carbocycles. The smallest absolute Gasteiger partial charge is 0.164 e. The summed E-state index contributed by atoms with van der Waals surface area (Å²) in [5, 5.41) is 4.38. The molecule has 3 heterocycles. The van der Waals surface area contributed by atoms with Gasteiger partial charge in [-0.25, -0.2) is 15.0 Å². The Morgan fingerprint density at radius 2 is 0.774 bits per heavy atom. The van der Waals surface area contributed by atoms with Gasteiger partial charge in [0.15, 0.2) is 17.5 Å². The minimum atomic E-state index is 0.583. The lowest BCUT2D eigenvalue weighted by Crippen LogP contribution is -2.00. The summed E-state index contributed by atoms with van der Waals surface area (Å²) in [5.41, 5.74) is 14.4. The van der Waals surface area contributed by atoms with Gasteiger partial charge in [0.2, 0.25) is 0 Å². The zero-order valence-electron chi connectivity index (χ0n) is 33.5. The summed E-state index contributed by atoms with van der Waals surface area (Å²) >= 11 is 0. The molecule has 0 bridgehead atoms. The van der Waals surface area contributed by atoms with E-state index >= 15 is 0 Å². The predicted octanol–water partition coefficient (Wildman–Crippen LogP) is 14.9. The molecule has 0 aliphatic heterocycles. The summed E-state index contributed by atoms with van der Waals surface area (Å²) in [4.78, 5) is 15.6. The van der Waals surface area contributed by atoms with E-state index in [1.807, 2.05) is 12.1 Å². The SMILES string of the molecule is c1ccc(-c2cccc(-c3nc(-c4cccc(-c5ccccc5)c4)nc(-c4ccc5oc6ccc7c8ccccc8n(-c8cccc(-c9ccccc9)c8)c7c6c5c4)n3)c2)cc1. The molecular formula is C57H36N4O. The Labute approximate surface area is 357 Å². The average Bonchev–Trinajstić information content (AvgIpc) is 3.90. The molecular weight excluding hydrogens is 757 g/mol. The van der Waals surface area contributed by atoms with Crippen molar-refractivity contribution in [1.29, 1.82) is 0 Å². The second-order valence-corrected chi connectivity index (χ2v) is 15.6. The van der Waals surface area contributed by atoms with Gasteiger partial charge < -0.3 is 8.98 Å². The minimum absolute atomic E-state index is 0.583. The Hall–Kier alpha value is -8.41. The lowest BCUT2D eigenvalue weighted by Gasteiger charge is -2.11. The van der Waals surface area contributed by atoms with Crippen molar-refractivity contribution in [2.24, 2.45) is 0 Å². The molecule has 5 heteroatoms. The Kier molecular flexibility index (Phi) is 8.42. The Balaban J connectivity index is 1.08. The number of hydrogen-bond acceptors (Lipinski definition) is 4. The lowest BCUT2D eigenvalue weighted by molar-refractivity contribution is 0.669. The van der Waals surface area contributed by atoms with E-state index in [1.165, 1.54) is 10.9 Å². The quantitative estimate of drug-likeness (QED) is 0.161. The molecule has 0 N–H and O–H groups in total. The largest absolute Gasteiger partial charge is 0.456 e. The first-order valence-electron chi connectivity index (χ1n) is 20.8. The van der Waals surface area contributed by atoms with Crippen LogP contribution in [-0.4, -0.2) is 19.5 Å². The van der Waals surface area contributed by atoms with Crippen molar-refractivity contribution >= 4 is 43.7 Å². The van der Waals surface area contributed by atoms with Crippen molar-refractivity contribution in [2.45, 2.75) is 0 Å². The van der Waals surface area contributed by atoms with Crippen LogP contribution >= 0.6 is 0 Å². The molecule has 0 atom stereocenters. The van der Waals surface area contributed by atoms with Gasteiger partial charge in [0.05, 0.1) is 16.4 Å². The van der Waals surface area contributed by atoms with Crippen LogP contribution in [0.4, 0.5) is 0 Å². The standard InChI is InChI=1S/C57H36N4O/c1-4-15-37(16-5-1)40-21-12-24-43(33-40)55-58-56(44-25-13-22-41(34-44)38-17-6-2-7-18-38)60-57(59-55)45-29-31-51-49(36-45)53-52(62-51)32-30-48-47-27-10-11-28-50(47)61(54(48)53)46-26-14-23-42(35-46)39-19-8-3-9-20-39/h1-36H. The molecule has 5 nitrogen and oxygen atoms in total. The molecule has 0 aliphatic carbocycles. The van der Waals surface area contributed by atoms with E-state index in [9.17, 15) is 0 Å². The molecule has 0 radical (unpaired) electrons. The van der Waals surface area contributed by atoms with E-state index in [0.29, 0.717) is 17.5 Å². The molecule has 0 unspecified atom stereocenters. The first kappa shape index (κ1) is 35.5. The van der Waals surface area contributed by atoms with Crippen LogP contribution in [0, 0.1) is 0 Å². The second kappa shape index (κ2) is 14.7. The highest BCUT2D eigenvalue weighted by Gasteiger charge is 2.21. The fourth-order valence-corrected chi connectivity index (χ4v) is 8.88. The molecule has 62 heavy (non-hydrogen) atoms. The van der Waals surface area contributed by atoms with Crippen LogP contribution in [0.15, 0.2) is 223 Å². The lowest BCUT2D eigenvalue weighted by atomic mass is 10.0. The van der Waals surface area contributed by atoms with Crippen molar-refractivity contribution in [2.75, 3.05) is 0 Å². The highest BCUT2D eigenvalue weighted by atomic mass is 16.3. The Bertz CT molecular complexity index is 3530. The first-order valence-corrected chi connectivity index (χ1v) is 20.8. The highest BCUT2D eigenvalue weighted by molar-refractivity contribution is 6.24. The van der Waals surface area contributed by atoms with Crippen molar-refractivity contribution < 1.29 is 4.42 Å². The van der Waals surface area contributed by atoms with E-state index in [4.69, 9.17) is 19.4 Å². The van der Waals surface area contributed by atoms with E-state index in [1.54, 1.807) is 0 Å². The maximum atomic E-state index is 6.66. The van der Waals surface area contributed by atoms with Gasteiger partial charge in [-0.15, -0.1) is 0 Å². The molecule has 290 valence electrons.